The smallest absolute Gasteiger partial charge is 0.316 e. The summed E-state index contributed by atoms with van der Waals surface area (Å²) in [4.78, 5) is 12.3. The van der Waals surface area contributed by atoms with Crippen molar-refractivity contribution in [2.24, 2.45) is 5.41 Å². The zero-order valence-electron chi connectivity index (χ0n) is 14.9. The van der Waals surface area contributed by atoms with E-state index < -0.39 is 10.8 Å². The van der Waals surface area contributed by atoms with E-state index in [0.29, 0.717) is 5.76 Å². The molecule has 0 amide bonds. The Labute approximate surface area is 139 Å². The summed E-state index contributed by atoms with van der Waals surface area (Å²) in [6.45, 7) is 11.8. The second-order valence-electron chi connectivity index (χ2n) is 7.55. The Morgan fingerprint density at radius 3 is 2.52 bits per heavy atom. The fourth-order valence-corrected chi connectivity index (χ4v) is 2.41. The standard InChI is InChI=1S/C20H26O3/c1-14(2)11-12-20(6)15-9-7-8-10-16(15)22-13-17(20)23-18(21)19(3,4)5/h7-11,13H,12H2,1-6H3. The minimum atomic E-state index is -0.560. The van der Waals surface area contributed by atoms with Crippen molar-refractivity contribution < 1.29 is 14.3 Å². The largest absolute Gasteiger partial charge is 0.461 e. The summed E-state index contributed by atoms with van der Waals surface area (Å²) in [5.74, 6) is 1.12. The predicted molar refractivity (Wildman–Crippen MR) is 92.1 cm³/mol. The fourth-order valence-electron chi connectivity index (χ4n) is 2.41. The summed E-state index contributed by atoms with van der Waals surface area (Å²) >= 11 is 0. The first kappa shape index (κ1) is 17.3. The topological polar surface area (TPSA) is 35.5 Å². The molecule has 1 aromatic carbocycles. The van der Waals surface area contributed by atoms with E-state index in [9.17, 15) is 4.79 Å². The van der Waals surface area contributed by atoms with Gasteiger partial charge in [-0.15, -0.1) is 0 Å². The van der Waals surface area contributed by atoms with E-state index in [-0.39, 0.29) is 5.97 Å². The number of fused-ring (bicyclic) bond motifs is 1. The van der Waals surface area contributed by atoms with Crippen molar-refractivity contribution >= 4 is 5.97 Å². The molecule has 1 aliphatic heterocycles. The number of rotatable bonds is 3. The minimum Gasteiger partial charge on any atom is -0.461 e. The molecule has 1 unspecified atom stereocenters. The second kappa shape index (κ2) is 6.23. The molecule has 0 fully saturated rings. The van der Waals surface area contributed by atoms with Crippen LogP contribution in [-0.4, -0.2) is 5.97 Å². The van der Waals surface area contributed by atoms with Gasteiger partial charge in [-0.2, -0.15) is 0 Å². The lowest BCUT2D eigenvalue weighted by Gasteiger charge is -2.36. The number of hydrogen-bond acceptors (Lipinski definition) is 3. The molecule has 0 saturated carbocycles. The molecule has 0 saturated heterocycles. The summed E-state index contributed by atoms with van der Waals surface area (Å²) in [5.41, 5.74) is 1.29. The molecule has 124 valence electrons. The second-order valence-corrected chi connectivity index (χ2v) is 7.55. The monoisotopic (exact) mass is 314 g/mol. The number of benzene rings is 1. The molecule has 1 aliphatic rings. The van der Waals surface area contributed by atoms with Gasteiger partial charge in [0.1, 0.15) is 12.0 Å². The summed E-state index contributed by atoms with van der Waals surface area (Å²) < 4.78 is 11.4. The molecule has 0 spiro atoms. The molecule has 3 nitrogen and oxygen atoms in total. The third kappa shape index (κ3) is 3.66. The Morgan fingerprint density at radius 1 is 1.26 bits per heavy atom. The van der Waals surface area contributed by atoms with Crippen molar-refractivity contribution in [3.8, 4) is 5.75 Å². The molecule has 2 rings (SSSR count). The SMILES string of the molecule is CC(C)=CCC1(C)C(OC(=O)C(C)(C)C)=COc2ccccc21. The van der Waals surface area contributed by atoms with Gasteiger partial charge in [-0.3, -0.25) is 4.79 Å². The Hall–Kier alpha value is -2.03. The van der Waals surface area contributed by atoms with Gasteiger partial charge in [-0.1, -0.05) is 29.8 Å². The number of ether oxygens (including phenoxy) is 2. The van der Waals surface area contributed by atoms with E-state index in [4.69, 9.17) is 9.47 Å². The quantitative estimate of drug-likeness (QED) is 0.573. The van der Waals surface area contributed by atoms with Gasteiger partial charge < -0.3 is 9.47 Å². The van der Waals surface area contributed by atoms with E-state index in [0.717, 1.165) is 17.7 Å². The van der Waals surface area contributed by atoms with Crippen LogP contribution in [-0.2, 0) is 14.9 Å². The number of allylic oxidation sites excluding steroid dienone is 3. The Bertz CT molecular complexity index is 658. The van der Waals surface area contributed by atoms with E-state index in [2.05, 4.69) is 26.8 Å². The summed E-state index contributed by atoms with van der Waals surface area (Å²) in [6, 6.07) is 7.90. The van der Waals surface area contributed by atoms with E-state index in [1.165, 1.54) is 5.57 Å². The summed E-state index contributed by atoms with van der Waals surface area (Å²) in [5, 5.41) is 0. The number of para-hydroxylation sites is 1. The lowest BCUT2D eigenvalue weighted by atomic mass is 9.76. The van der Waals surface area contributed by atoms with Crippen LogP contribution in [0.4, 0.5) is 0 Å². The molecular weight excluding hydrogens is 288 g/mol. The van der Waals surface area contributed by atoms with E-state index in [1.54, 1.807) is 6.26 Å². The van der Waals surface area contributed by atoms with Gasteiger partial charge in [0.25, 0.3) is 0 Å². The fraction of sp³-hybridized carbons (Fsp3) is 0.450. The highest BCUT2D eigenvalue weighted by atomic mass is 16.6. The first-order valence-corrected chi connectivity index (χ1v) is 7.97. The van der Waals surface area contributed by atoms with Gasteiger partial charge in [0.2, 0.25) is 0 Å². The molecule has 0 N–H and O–H groups in total. The van der Waals surface area contributed by atoms with E-state index >= 15 is 0 Å². The average molecular weight is 314 g/mol. The maximum absolute atomic E-state index is 12.3. The number of hydrogen-bond donors (Lipinski definition) is 0. The highest BCUT2D eigenvalue weighted by Crippen LogP contribution is 2.45. The number of esters is 1. The lowest BCUT2D eigenvalue weighted by Crippen LogP contribution is -2.33. The maximum Gasteiger partial charge on any atom is 0.316 e. The third-order valence-electron chi connectivity index (χ3n) is 4.05. The molecule has 1 aromatic rings. The van der Waals surface area contributed by atoms with Gasteiger partial charge in [0.15, 0.2) is 5.76 Å². The van der Waals surface area contributed by atoms with Crippen molar-refractivity contribution in [2.45, 2.75) is 53.4 Å². The Kier molecular flexibility index (Phi) is 4.69. The van der Waals surface area contributed by atoms with Crippen LogP contribution in [0.3, 0.4) is 0 Å². The summed E-state index contributed by atoms with van der Waals surface area (Å²) in [7, 11) is 0. The molecule has 0 aromatic heterocycles. The minimum absolute atomic E-state index is 0.254. The number of carbonyl (C=O) groups excluding carboxylic acids is 1. The first-order chi connectivity index (χ1) is 10.6. The van der Waals surface area contributed by atoms with Crippen molar-refractivity contribution in [3.05, 3.63) is 53.5 Å². The Balaban J connectivity index is 2.43. The van der Waals surface area contributed by atoms with Crippen LogP contribution >= 0.6 is 0 Å². The average Bonchev–Trinajstić information content (AvgIpc) is 2.47. The van der Waals surface area contributed by atoms with Gasteiger partial charge >= 0.3 is 5.97 Å². The van der Waals surface area contributed by atoms with Crippen LogP contribution in [0, 0.1) is 5.41 Å². The highest BCUT2D eigenvalue weighted by Gasteiger charge is 2.40. The number of carbonyl (C=O) groups is 1. The van der Waals surface area contributed by atoms with Gasteiger partial charge in [-0.25, -0.2) is 0 Å². The van der Waals surface area contributed by atoms with Crippen LogP contribution in [0.5, 0.6) is 5.75 Å². The van der Waals surface area contributed by atoms with Crippen LogP contribution < -0.4 is 4.74 Å². The zero-order valence-corrected chi connectivity index (χ0v) is 14.9. The maximum atomic E-state index is 12.3. The molecule has 23 heavy (non-hydrogen) atoms. The summed E-state index contributed by atoms with van der Waals surface area (Å²) in [6.07, 6.45) is 4.49. The van der Waals surface area contributed by atoms with Crippen LogP contribution in [0.2, 0.25) is 0 Å². The highest BCUT2D eigenvalue weighted by molar-refractivity contribution is 5.77. The molecular formula is C20H26O3. The molecule has 1 heterocycles. The molecule has 3 heteroatoms. The normalized spacial score (nSPS) is 20.0. The van der Waals surface area contributed by atoms with Gasteiger partial charge in [0.05, 0.1) is 10.8 Å². The van der Waals surface area contributed by atoms with Crippen LogP contribution in [0.1, 0.15) is 53.5 Å². The molecule has 0 bridgehead atoms. The van der Waals surface area contributed by atoms with Gasteiger partial charge in [-0.05, 0) is 54.0 Å². The Morgan fingerprint density at radius 2 is 1.91 bits per heavy atom. The van der Waals surface area contributed by atoms with Crippen molar-refractivity contribution in [1.82, 2.24) is 0 Å². The third-order valence-corrected chi connectivity index (χ3v) is 4.05. The zero-order chi connectivity index (χ0) is 17.3. The van der Waals surface area contributed by atoms with Crippen molar-refractivity contribution in [2.75, 3.05) is 0 Å². The first-order valence-electron chi connectivity index (χ1n) is 7.97. The van der Waals surface area contributed by atoms with Crippen molar-refractivity contribution in [1.29, 1.82) is 0 Å². The molecule has 0 radical (unpaired) electrons. The van der Waals surface area contributed by atoms with Gasteiger partial charge in [0, 0.05) is 5.56 Å². The van der Waals surface area contributed by atoms with Crippen LogP contribution in [0.25, 0.3) is 0 Å². The molecule has 1 atom stereocenters. The van der Waals surface area contributed by atoms with E-state index in [1.807, 2.05) is 45.0 Å². The van der Waals surface area contributed by atoms with Crippen LogP contribution in [0.15, 0.2) is 47.9 Å². The molecule has 0 aliphatic carbocycles. The van der Waals surface area contributed by atoms with Crippen molar-refractivity contribution in [3.63, 3.8) is 0 Å². The lowest BCUT2D eigenvalue weighted by molar-refractivity contribution is -0.150. The predicted octanol–water partition coefficient (Wildman–Crippen LogP) is 5.12.